The van der Waals surface area contributed by atoms with Gasteiger partial charge in [0.25, 0.3) is 0 Å². The molecule has 2 heterocycles. The van der Waals surface area contributed by atoms with E-state index in [-0.39, 0.29) is 0 Å². The lowest BCUT2D eigenvalue weighted by Crippen LogP contribution is -2.21. The third-order valence-corrected chi connectivity index (χ3v) is 3.07. The van der Waals surface area contributed by atoms with E-state index in [4.69, 9.17) is 0 Å². The summed E-state index contributed by atoms with van der Waals surface area (Å²) in [5.41, 5.74) is 3.00. The zero-order chi connectivity index (χ0) is 11.2. The Morgan fingerprint density at radius 1 is 1.56 bits per heavy atom. The number of nitrogens with zero attached hydrogens (tertiary/aromatic N) is 3. The van der Waals surface area contributed by atoms with Gasteiger partial charge in [-0.3, -0.25) is 4.68 Å². The van der Waals surface area contributed by atoms with E-state index in [1.807, 2.05) is 28.7 Å². The Bertz CT molecular complexity index is 382. The smallest absolute Gasteiger partial charge is 0.0795 e. The first kappa shape index (κ1) is 11.3. The number of hydrogen-bond donors (Lipinski definition) is 1. The molecule has 0 spiro atoms. The molecule has 1 N–H and O–H groups in total. The van der Waals surface area contributed by atoms with Gasteiger partial charge in [0.15, 0.2) is 0 Å². The van der Waals surface area contributed by atoms with Gasteiger partial charge in [0.05, 0.1) is 11.2 Å². The van der Waals surface area contributed by atoms with Crippen LogP contribution in [0.5, 0.6) is 0 Å². The van der Waals surface area contributed by atoms with Crippen LogP contribution in [0.25, 0.3) is 0 Å². The fraction of sp³-hybridized carbons (Fsp3) is 0.455. The van der Waals surface area contributed by atoms with Crippen molar-refractivity contribution in [3.8, 4) is 0 Å². The SMILES string of the molecule is CC(NCCCn1cccn1)c1cscn1. The minimum absolute atomic E-state index is 0.337. The topological polar surface area (TPSA) is 42.7 Å². The molecule has 86 valence electrons. The molecule has 4 nitrogen and oxygen atoms in total. The number of aromatic nitrogens is 3. The zero-order valence-electron chi connectivity index (χ0n) is 9.34. The van der Waals surface area contributed by atoms with Crippen LogP contribution in [0.3, 0.4) is 0 Å². The Balaban J connectivity index is 1.65. The molecule has 16 heavy (non-hydrogen) atoms. The molecule has 0 aliphatic heterocycles. The van der Waals surface area contributed by atoms with Gasteiger partial charge < -0.3 is 5.32 Å². The van der Waals surface area contributed by atoms with E-state index in [1.54, 1.807) is 11.3 Å². The van der Waals surface area contributed by atoms with E-state index in [0.29, 0.717) is 6.04 Å². The Morgan fingerprint density at radius 2 is 2.50 bits per heavy atom. The summed E-state index contributed by atoms with van der Waals surface area (Å²) in [5.74, 6) is 0. The molecule has 0 aliphatic rings. The molecule has 2 aromatic heterocycles. The van der Waals surface area contributed by atoms with E-state index >= 15 is 0 Å². The third-order valence-electron chi connectivity index (χ3n) is 2.47. The highest BCUT2D eigenvalue weighted by molar-refractivity contribution is 7.07. The summed E-state index contributed by atoms with van der Waals surface area (Å²) in [6.45, 7) is 4.09. The Kier molecular flexibility index (Phi) is 4.07. The maximum absolute atomic E-state index is 4.28. The molecule has 1 unspecified atom stereocenters. The summed E-state index contributed by atoms with van der Waals surface area (Å²) >= 11 is 1.64. The minimum atomic E-state index is 0.337. The number of hydrogen-bond acceptors (Lipinski definition) is 4. The van der Waals surface area contributed by atoms with Crippen molar-refractivity contribution < 1.29 is 0 Å². The highest BCUT2D eigenvalue weighted by atomic mass is 32.1. The Labute approximate surface area is 99.3 Å². The molecule has 0 saturated carbocycles. The van der Waals surface area contributed by atoms with Crippen molar-refractivity contribution in [2.75, 3.05) is 6.54 Å². The van der Waals surface area contributed by atoms with Crippen molar-refractivity contribution >= 4 is 11.3 Å². The van der Waals surface area contributed by atoms with E-state index in [0.717, 1.165) is 25.2 Å². The van der Waals surface area contributed by atoms with Crippen LogP contribution in [-0.4, -0.2) is 21.3 Å². The van der Waals surface area contributed by atoms with E-state index in [1.165, 1.54) is 0 Å². The lowest BCUT2D eigenvalue weighted by Gasteiger charge is -2.11. The minimum Gasteiger partial charge on any atom is -0.309 e. The van der Waals surface area contributed by atoms with Crippen LogP contribution in [0.4, 0.5) is 0 Å². The summed E-state index contributed by atoms with van der Waals surface area (Å²) in [6.07, 6.45) is 4.88. The van der Waals surface area contributed by atoms with Crippen LogP contribution in [0.15, 0.2) is 29.4 Å². The van der Waals surface area contributed by atoms with Gasteiger partial charge in [0.2, 0.25) is 0 Å². The lowest BCUT2D eigenvalue weighted by molar-refractivity contribution is 0.502. The van der Waals surface area contributed by atoms with Crippen molar-refractivity contribution in [1.29, 1.82) is 0 Å². The molecule has 0 aliphatic carbocycles. The highest BCUT2D eigenvalue weighted by Gasteiger charge is 2.05. The normalized spacial score (nSPS) is 12.8. The standard InChI is InChI=1S/C11H16N4S/c1-10(11-8-16-9-13-11)12-4-2-6-15-7-3-5-14-15/h3,5,7-10,12H,2,4,6H2,1H3. The quantitative estimate of drug-likeness (QED) is 0.781. The first-order valence-corrected chi connectivity index (χ1v) is 6.39. The third kappa shape index (κ3) is 3.15. The second-order valence-corrected chi connectivity index (χ2v) is 4.43. The average molecular weight is 236 g/mol. The number of aryl methyl sites for hydroxylation is 1. The average Bonchev–Trinajstić information content (AvgIpc) is 2.96. The van der Waals surface area contributed by atoms with Crippen LogP contribution in [0.1, 0.15) is 25.1 Å². The van der Waals surface area contributed by atoms with Crippen molar-refractivity contribution in [3.63, 3.8) is 0 Å². The van der Waals surface area contributed by atoms with Crippen LogP contribution in [0, 0.1) is 0 Å². The van der Waals surface area contributed by atoms with Gasteiger partial charge >= 0.3 is 0 Å². The predicted molar refractivity (Wildman–Crippen MR) is 65.4 cm³/mol. The summed E-state index contributed by atoms with van der Waals surface area (Å²) in [7, 11) is 0. The Morgan fingerprint density at radius 3 is 3.19 bits per heavy atom. The molecule has 5 heteroatoms. The van der Waals surface area contributed by atoms with Crippen molar-refractivity contribution in [2.24, 2.45) is 0 Å². The zero-order valence-corrected chi connectivity index (χ0v) is 10.2. The molecule has 0 amide bonds. The molecule has 1 atom stereocenters. The molecule has 2 rings (SSSR count). The highest BCUT2D eigenvalue weighted by Crippen LogP contribution is 2.11. The first-order chi connectivity index (χ1) is 7.86. The van der Waals surface area contributed by atoms with Crippen LogP contribution >= 0.6 is 11.3 Å². The van der Waals surface area contributed by atoms with Gasteiger partial charge in [-0.1, -0.05) is 0 Å². The van der Waals surface area contributed by atoms with E-state index < -0.39 is 0 Å². The number of nitrogens with one attached hydrogen (secondary N) is 1. The van der Waals surface area contributed by atoms with Gasteiger partial charge in [0.1, 0.15) is 0 Å². The Hall–Kier alpha value is -1.20. The van der Waals surface area contributed by atoms with Gasteiger partial charge in [-0.05, 0) is 26.0 Å². The fourth-order valence-electron chi connectivity index (χ4n) is 1.53. The number of thiazole rings is 1. The van der Waals surface area contributed by atoms with Gasteiger partial charge in [-0.25, -0.2) is 4.98 Å². The maximum atomic E-state index is 4.28. The summed E-state index contributed by atoms with van der Waals surface area (Å²) in [6, 6.07) is 2.29. The first-order valence-electron chi connectivity index (χ1n) is 5.45. The lowest BCUT2D eigenvalue weighted by atomic mass is 10.2. The van der Waals surface area contributed by atoms with Crippen LogP contribution in [-0.2, 0) is 6.54 Å². The second-order valence-electron chi connectivity index (χ2n) is 3.71. The number of rotatable bonds is 6. The van der Waals surface area contributed by atoms with Crippen LogP contribution in [0.2, 0.25) is 0 Å². The monoisotopic (exact) mass is 236 g/mol. The van der Waals surface area contributed by atoms with Crippen molar-refractivity contribution in [1.82, 2.24) is 20.1 Å². The van der Waals surface area contributed by atoms with Gasteiger partial charge in [-0.2, -0.15) is 5.10 Å². The van der Waals surface area contributed by atoms with E-state index in [9.17, 15) is 0 Å². The fourth-order valence-corrected chi connectivity index (χ4v) is 2.18. The largest absolute Gasteiger partial charge is 0.309 e. The molecule has 2 aromatic rings. The molecule has 0 radical (unpaired) electrons. The van der Waals surface area contributed by atoms with E-state index in [2.05, 4.69) is 27.7 Å². The maximum Gasteiger partial charge on any atom is 0.0795 e. The molecule has 0 aromatic carbocycles. The second kappa shape index (κ2) is 5.77. The van der Waals surface area contributed by atoms with Gasteiger partial charge in [-0.15, -0.1) is 11.3 Å². The molecule has 0 saturated heterocycles. The molecular weight excluding hydrogens is 220 g/mol. The molecule has 0 fully saturated rings. The molecular formula is C11H16N4S. The predicted octanol–water partition coefficient (Wildman–Crippen LogP) is 2.08. The van der Waals surface area contributed by atoms with Crippen LogP contribution < -0.4 is 5.32 Å². The summed E-state index contributed by atoms with van der Waals surface area (Å²) < 4.78 is 1.95. The van der Waals surface area contributed by atoms with Gasteiger partial charge in [0, 0.05) is 30.4 Å². The summed E-state index contributed by atoms with van der Waals surface area (Å²) in [5, 5.41) is 9.70. The van der Waals surface area contributed by atoms with Crippen molar-refractivity contribution in [2.45, 2.75) is 25.9 Å². The van der Waals surface area contributed by atoms with Crippen molar-refractivity contribution in [3.05, 3.63) is 35.0 Å². The summed E-state index contributed by atoms with van der Waals surface area (Å²) in [4.78, 5) is 4.28. The molecule has 0 bridgehead atoms.